The van der Waals surface area contributed by atoms with Gasteiger partial charge in [-0.1, -0.05) is 59.8 Å². The van der Waals surface area contributed by atoms with Crippen molar-refractivity contribution < 1.29 is 14.4 Å². The Balaban J connectivity index is 1.80. The predicted octanol–water partition coefficient (Wildman–Crippen LogP) is 4.19. The number of hydrogen-bond acceptors (Lipinski definition) is 4. The van der Waals surface area contributed by atoms with E-state index < -0.39 is 5.97 Å². The fourth-order valence-corrected chi connectivity index (χ4v) is 2.90. The van der Waals surface area contributed by atoms with Crippen LogP contribution in [-0.2, 0) is 9.63 Å². The molecule has 0 radical (unpaired) electrons. The maximum Gasteiger partial charge on any atom is 0.368 e. The van der Waals surface area contributed by atoms with Gasteiger partial charge in [-0.2, -0.15) is 0 Å². The summed E-state index contributed by atoms with van der Waals surface area (Å²) in [7, 11) is 1.62. The lowest BCUT2D eigenvalue weighted by atomic mass is 9.95. The standard InChI is InChI=1S/C21H15NO3/c1-24-16-11-9-14(10-12-16)13-19-20(22-25-21(19)23)18-8-4-6-15-5-2-3-7-17(15)18/h2-13H,1H3/b19-13-. The van der Waals surface area contributed by atoms with Gasteiger partial charge in [0.15, 0.2) is 0 Å². The Morgan fingerprint density at radius 3 is 2.52 bits per heavy atom. The highest BCUT2D eigenvalue weighted by Crippen LogP contribution is 2.26. The molecule has 0 saturated heterocycles. The average molecular weight is 329 g/mol. The lowest BCUT2D eigenvalue weighted by molar-refractivity contribution is -0.136. The number of fused-ring (bicyclic) bond motifs is 1. The van der Waals surface area contributed by atoms with E-state index in [1.54, 1.807) is 13.2 Å². The van der Waals surface area contributed by atoms with Gasteiger partial charge in [0.05, 0.1) is 12.7 Å². The second kappa shape index (κ2) is 6.24. The van der Waals surface area contributed by atoms with E-state index >= 15 is 0 Å². The van der Waals surface area contributed by atoms with Crippen molar-refractivity contribution in [2.24, 2.45) is 5.16 Å². The molecule has 0 amide bonds. The van der Waals surface area contributed by atoms with Crippen LogP contribution in [0.3, 0.4) is 0 Å². The quantitative estimate of drug-likeness (QED) is 0.535. The first-order valence-corrected chi connectivity index (χ1v) is 7.90. The summed E-state index contributed by atoms with van der Waals surface area (Å²) in [5.41, 5.74) is 2.76. The van der Waals surface area contributed by atoms with Crippen molar-refractivity contribution in [2.75, 3.05) is 7.11 Å². The Bertz CT molecular complexity index is 1010. The number of nitrogens with zero attached hydrogens (tertiary/aromatic N) is 1. The molecule has 0 aromatic heterocycles. The van der Waals surface area contributed by atoms with E-state index in [1.165, 1.54) is 0 Å². The molecule has 1 aliphatic rings. The number of hydrogen-bond donors (Lipinski definition) is 0. The van der Waals surface area contributed by atoms with Crippen molar-refractivity contribution in [2.45, 2.75) is 0 Å². The van der Waals surface area contributed by atoms with Gasteiger partial charge < -0.3 is 9.57 Å². The third kappa shape index (κ3) is 2.78. The zero-order chi connectivity index (χ0) is 17.2. The summed E-state index contributed by atoms with van der Waals surface area (Å²) in [6.07, 6.45) is 1.79. The topological polar surface area (TPSA) is 47.9 Å². The van der Waals surface area contributed by atoms with Gasteiger partial charge in [-0.15, -0.1) is 0 Å². The van der Waals surface area contributed by atoms with Crippen molar-refractivity contribution in [1.29, 1.82) is 0 Å². The van der Waals surface area contributed by atoms with Gasteiger partial charge in [0.1, 0.15) is 11.5 Å². The largest absolute Gasteiger partial charge is 0.497 e. The summed E-state index contributed by atoms with van der Waals surface area (Å²) in [5.74, 6) is 0.317. The van der Waals surface area contributed by atoms with E-state index in [-0.39, 0.29) is 0 Å². The lowest BCUT2D eigenvalue weighted by Gasteiger charge is -2.06. The zero-order valence-corrected chi connectivity index (χ0v) is 13.6. The van der Waals surface area contributed by atoms with Crippen LogP contribution in [-0.4, -0.2) is 18.8 Å². The lowest BCUT2D eigenvalue weighted by Crippen LogP contribution is -2.07. The van der Waals surface area contributed by atoms with Crippen LogP contribution >= 0.6 is 0 Å². The van der Waals surface area contributed by atoms with Crippen LogP contribution in [0.2, 0.25) is 0 Å². The van der Waals surface area contributed by atoms with E-state index in [9.17, 15) is 4.79 Å². The van der Waals surface area contributed by atoms with Crippen LogP contribution in [0.15, 0.2) is 77.5 Å². The highest BCUT2D eigenvalue weighted by Gasteiger charge is 2.27. The maximum atomic E-state index is 12.2. The van der Waals surface area contributed by atoms with E-state index in [2.05, 4.69) is 5.16 Å². The highest BCUT2D eigenvalue weighted by atomic mass is 16.7. The van der Waals surface area contributed by atoms with E-state index in [4.69, 9.17) is 9.57 Å². The van der Waals surface area contributed by atoms with Crippen LogP contribution in [0.5, 0.6) is 5.75 Å². The zero-order valence-electron chi connectivity index (χ0n) is 13.6. The molecule has 3 aromatic rings. The average Bonchev–Trinajstić information content (AvgIpc) is 3.02. The molecule has 0 atom stereocenters. The van der Waals surface area contributed by atoms with Gasteiger partial charge in [-0.05, 0) is 34.5 Å². The molecular weight excluding hydrogens is 314 g/mol. The number of carbonyl (C=O) groups excluding carboxylic acids is 1. The van der Waals surface area contributed by atoms with Gasteiger partial charge in [0, 0.05) is 5.56 Å². The number of carbonyl (C=O) groups is 1. The summed E-state index contributed by atoms with van der Waals surface area (Å²) in [4.78, 5) is 17.1. The van der Waals surface area contributed by atoms with Crippen molar-refractivity contribution in [3.63, 3.8) is 0 Å². The van der Waals surface area contributed by atoms with Gasteiger partial charge in [-0.25, -0.2) is 4.79 Å². The van der Waals surface area contributed by atoms with Crippen molar-refractivity contribution in [3.8, 4) is 5.75 Å². The molecule has 0 unspecified atom stereocenters. The Morgan fingerprint density at radius 1 is 0.960 bits per heavy atom. The molecule has 122 valence electrons. The SMILES string of the molecule is COc1ccc(/C=C2\C(=O)ON=C2c2cccc3ccccc23)cc1. The second-order valence-electron chi connectivity index (χ2n) is 5.68. The predicted molar refractivity (Wildman–Crippen MR) is 97.5 cm³/mol. The first-order valence-electron chi connectivity index (χ1n) is 7.90. The summed E-state index contributed by atoms with van der Waals surface area (Å²) in [5, 5.41) is 6.14. The molecule has 0 spiro atoms. The van der Waals surface area contributed by atoms with Gasteiger partial charge in [-0.3, -0.25) is 0 Å². The van der Waals surface area contributed by atoms with E-state index in [0.717, 1.165) is 27.6 Å². The van der Waals surface area contributed by atoms with Gasteiger partial charge in [0.2, 0.25) is 0 Å². The molecule has 0 bridgehead atoms. The Labute approximate surface area is 145 Å². The molecule has 1 heterocycles. The van der Waals surface area contributed by atoms with Gasteiger partial charge >= 0.3 is 5.97 Å². The third-order valence-corrected chi connectivity index (χ3v) is 4.17. The van der Waals surface area contributed by atoms with Crippen molar-refractivity contribution in [3.05, 3.63) is 83.4 Å². The molecule has 25 heavy (non-hydrogen) atoms. The number of oxime groups is 1. The molecule has 4 nitrogen and oxygen atoms in total. The molecule has 0 aliphatic carbocycles. The van der Waals surface area contributed by atoms with Crippen LogP contribution in [0.25, 0.3) is 16.8 Å². The summed E-state index contributed by atoms with van der Waals surface area (Å²) in [6.45, 7) is 0. The monoisotopic (exact) mass is 329 g/mol. The molecule has 3 aromatic carbocycles. The smallest absolute Gasteiger partial charge is 0.368 e. The summed E-state index contributed by atoms with van der Waals surface area (Å²) in [6, 6.07) is 21.4. The minimum Gasteiger partial charge on any atom is -0.497 e. The Morgan fingerprint density at radius 2 is 1.72 bits per heavy atom. The molecular formula is C21H15NO3. The highest BCUT2D eigenvalue weighted by molar-refractivity contribution is 6.33. The van der Waals surface area contributed by atoms with Crippen molar-refractivity contribution >= 4 is 28.5 Å². The Kier molecular flexibility index (Phi) is 3.78. The van der Waals surface area contributed by atoms with Crippen LogP contribution in [0.1, 0.15) is 11.1 Å². The van der Waals surface area contributed by atoms with Gasteiger partial charge in [0.25, 0.3) is 0 Å². The molecule has 0 N–H and O–H groups in total. The fraction of sp³-hybridized carbons (Fsp3) is 0.0476. The molecule has 4 heteroatoms. The molecule has 4 rings (SSSR count). The molecule has 0 saturated carbocycles. The molecule has 1 aliphatic heterocycles. The van der Waals surface area contributed by atoms with Crippen molar-refractivity contribution in [1.82, 2.24) is 0 Å². The Hall–Kier alpha value is -3.40. The number of methoxy groups -OCH3 is 1. The minimum absolute atomic E-state index is 0.446. The number of benzene rings is 3. The van der Waals surface area contributed by atoms with E-state index in [0.29, 0.717) is 11.3 Å². The molecule has 0 fully saturated rings. The van der Waals surface area contributed by atoms with Crippen LogP contribution < -0.4 is 4.74 Å². The first kappa shape index (κ1) is 15.1. The van der Waals surface area contributed by atoms with Crippen LogP contribution in [0, 0.1) is 0 Å². The first-order chi connectivity index (χ1) is 12.3. The number of rotatable bonds is 3. The van der Waals surface area contributed by atoms with E-state index in [1.807, 2.05) is 66.7 Å². The summed E-state index contributed by atoms with van der Waals surface area (Å²) < 4.78 is 5.16. The normalized spacial score (nSPS) is 15.3. The second-order valence-corrected chi connectivity index (χ2v) is 5.68. The van der Waals surface area contributed by atoms with Crippen LogP contribution in [0.4, 0.5) is 0 Å². The fourth-order valence-electron chi connectivity index (χ4n) is 2.90. The number of ether oxygens (including phenoxy) is 1. The summed E-state index contributed by atoms with van der Waals surface area (Å²) >= 11 is 0. The maximum absolute atomic E-state index is 12.2. The minimum atomic E-state index is -0.446. The third-order valence-electron chi connectivity index (χ3n) is 4.17.